The summed E-state index contributed by atoms with van der Waals surface area (Å²) in [5.74, 6) is -0.169. The van der Waals surface area contributed by atoms with Gasteiger partial charge in [0, 0.05) is 18.5 Å². The van der Waals surface area contributed by atoms with Crippen LogP contribution in [0, 0.1) is 11.3 Å². The van der Waals surface area contributed by atoms with E-state index in [-0.39, 0.29) is 17.2 Å². The van der Waals surface area contributed by atoms with E-state index in [0.29, 0.717) is 0 Å². The van der Waals surface area contributed by atoms with Crippen LogP contribution in [0.3, 0.4) is 0 Å². The molecule has 1 aromatic carbocycles. The molecule has 1 unspecified atom stereocenters. The summed E-state index contributed by atoms with van der Waals surface area (Å²) in [5, 5.41) is 3.32. The number of rotatable bonds is 1. The average molecular weight is 216 g/mol. The Morgan fingerprint density at radius 3 is 2.50 bits per heavy atom. The minimum absolute atomic E-state index is 0.0140. The molecule has 1 atom stereocenters. The predicted octanol–water partition coefficient (Wildman–Crippen LogP) is 0.476. The normalized spacial score (nSPS) is 25.9. The van der Waals surface area contributed by atoms with Crippen LogP contribution in [0.1, 0.15) is 11.1 Å². The minimum Gasteiger partial charge on any atom is -0.369 e. The van der Waals surface area contributed by atoms with Crippen LogP contribution in [0.25, 0.3) is 0 Å². The van der Waals surface area contributed by atoms with Crippen LogP contribution in [0.15, 0.2) is 24.3 Å². The Labute approximate surface area is 95.0 Å². The molecule has 1 aromatic rings. The van der Waals surface area contributed by atoms with Crippen LogP contribution >= 0.6 is 0 Å². The van der Waals surface area contributed by atoms with E-state index in [1.54, 1.807) is 0 Å². The largest absolute Gasteiger partial charge is 0.369 e. The zero-order chi connectivity index (χ0) is 11.2. The van der Waals surface area contributed by atoms with Gasteiger partial charge in [-0.15, -0.1) is 0 Å². The fraction of sp³-hybridized carbons (Fsp3) is 0.462. The third kappa shape index (κ3) is 1.28. The number of nitrogens with two attached hydrogens (primary N) is 1. The highest BCUT2D eigenvalue weighted by atomic mass is 16.1. The smallest absolute Gasteiger partial charge is 0.222 e. The first-order valence-corrected chi connectivity index (χ1v) is 5.78. The fourth-order valence-electron chi connectivity index (χ4n) is 3.30. The maximum Gasteiger partial charge on any atom is 0.222 e. The van der Waals surface area contributed by atoms with Gasteiger partial charge in [-0.25, -0.2) is 0 Å². The molecule has 0 radical (unpaired) electrons. The van der Waals surface area contributed by atoms with Crippen molar-refractivity contribution in [1.29, 1.82) is 0 Å². The van der Waals surface area contributed by atoms with Gasteiger partial charge < -0.3 is 11.1 Å². The van der Waals surface area contributed by atoms with Crippen LogP contribution in [0.2, 0.25) is 0 Å². The standard InChI is InChI=1S/C13H16N2O/c14-12(16)11-7-15-8-13(11)5-9-3-1-2-4-10(9)6-13/h1-4,11,15H,5-8H2,(H2,14,16). The van der Waals surface area contributed by atoms with E-state index >= 15 is 0 Å². The summed E-state index contributed by atoms with van der Waals surface area (Å²) < 4.78 is 0. The number of carbonyl (C=O) groups excluding carboxylic acids is 1. The Morgan fingerprint density at radius 2 is 1.94 bits per heavy atom. The van der Waals surface area contributed by atoms with Gasteiger partial charge in [0.25, 0.3) is 0 Å². The summed E-state index contributed by atoms with van der Waals surface area (Å²) in [6, 6.07) is 8.47. The van der Waals surface area contributed by atoms with Gasteiger partial charge >= 0.3 is 0 Å². The van der Waals surface area contributed by atoms with Crippen molar-refractivity contribution in [2.75, 3.05) is 13.1 Å². The highest BCUT2D eigenvalue weighted by molar-refractivity contribution is 5.78. The molecule has 1 heterocycles. The molecule has 0 saturated carbocycles. The van der Waals surface area contributed by atoms with Crippen LogP contribution < -0.4 is 11.1 Å². The first kappa shape index (κ1) is 9.85. The summed E-state index contributed by atoms with van der Waals surface area (Å²) in [7, 11) is 0. The molecular weight excluding hydrogens is 200 g/mol. The molecule has 0 bridgehead atoms. The predicted molar refractivity (Wildman–Crippen MR) is 61.8 cm³/mol. The molecular formula is C13H16N2O. The van der Waals surface area contributed by atoms with Crippen molar-refractivity contribution in [3.63, 3.8) is 0 Å². The lowest BCUT2D eigenvalue weighted by Gasteiger charge is -2.27. The van der Waals surface area contributed by atoms with Gasteiger partial charge in [-0.05, 0) is 24.0 Å². The molecule has 0 aromatic heterocycles. The molecule has 2 aliphatic rings. The molecule has 1 spiro atoms. The van der Waals surface area contributed by atoms with Gasteiger partial charge in [0.1, 0.15) is 0 Å². The lowest BCUT2D eigenvalue weighted by atomic mass is 9.75. The zero-order valence-electron chi connectivity index (χ0n) is 9.20. The second-order valence-electron chi connectivity index (χ2n) is 5.07. The third-order valence-electron chi connectivity index (χ3n) is 4.11. The van der Waals surface area contributed by atoms with Crippen molar-refractivity contribution in [3.8, 4) is 0 Å². The molecule has 16 heavy (non-hydrogen) atoms. The Bertz CT molecular complexity index is 416. The lowest BCUT2D eigenvalue weighted by Crippen LogP contribution is -2.39. The first-order valence-electron chi connectivity index (χ1n) is 5.78. The zero-order valence-corrected chi connectivity index (χ0v) is 9.20. The summed E-state index contributed by atoms with van der Waals surface area (Å²) in [6.45, 7) is 1.65. The fourth-order valence-corrected chi connectivity index (χ4v) is 3.30. The van der Waals surface area contributed by atoms with Crippen molar-refractivity contribution in [3.05, 3.63) is 35.4 Å². The van der Waals surface area contributed by atoms with Crippen molar-refractivity contribution >= 4 is 5.91 Å². The van der Waals surface area contributed by atoms with Crippen molar-refractivity contribution in [2.45, 2.75) is 12.8 Å². The Morgan fingerprint density at radius 1 is 1.31 bits per heavy atom. The first-order chi connectivity index (χ1) is 7.71. The number of hydrogen-bond donors (Lipinski definition) is 2. The monoisotopic (exact) mass is 216 g/mol. The van der Waals surface area contributed by atoms with Gasteiger partial charge in [0.05, 0.1) is 5.92 Å². The number of nitrogens with one attached hydrogen (secondary N) is 1. The van der Waals surface area contributed by atoms with E-state index in [4.69, 9.17) is 5.73 Å². The Hall–Kier alpha value is -1.35. The molecule has 1 amide bonds. The molecule has 3 nitrogen and oxygen atoms in total. The molecule has 1 saturated heterocycles. The number of amides is 1. The van der Waals surface area contributed by atoms with Crippen LogP contribution in [-0.4, -0.2) is 19.0 Å². The van der Waals surface area contributed by atoms with Crippen LogP contribution in [0.4, 0.5) is 0 Å². The molecule has 1 fully saturated rings. The molecule has 3 N–H and O–H groups in total. The number of hydrogen-bond acceptors (Lipinski definition) is 2. The highest BCUT2D eigenvalue weighted by Gasteiger charge is 2.49. The van der Waals surface area contributed by atoms with E-state index in [2.05, 4.69) is 29.6 Å². The summed E-state index contributed by atoms with van der Waals surface area (Å²) in [6.07, 6.45) is 1.98. The SMILES string of the molecule is NC(=O)C1CNCC12Cc1ccccc1C2. The second kappa shape index (κ2) is 3.32. The van der Waals surface area contributed by atoms with Crippen molar-refractivity contribution < 1.29 is 4.79 Å². The lowest BCUT2D eigenvalue weighted by molar-refractivity contribution is -0.124. The van der Waals surface area contributed by atoms with E-state index < -0.39 is 0 Å². The van der Waals surface area contributed by atoms with Crippen LogP contribution in [0.5, 0.6) is 0 Å². The minimum atomic E-state index is -0.155. The highest BCUT2D eigenvalue weighted by Crippen LogP contribution is 2.44. The number of carbonyl (C=O) groups is 1. The number of primary amides is 1. The van der Waals surface area contributed by atoms with E-state index in [9.17, 15) is 4.79 Å². The topological polar surface area (TPSA) is 55.1 Å². The Kier molecular flexibility index (Phi) is 2.04. The summed E-state index contributed by atoms with van der Waals surface area (Å²) in [5.41, 5.74) is 8.33. The van der Waals surface area contributed by atoms with E-state index in [1.165, 1.54) is 11.1 Å². The molecule has 3 heteroatoms. The van der Waals surface area contributed by atoms with Gasteiger partial charge in [0.15, 0.2) is 0 Å². The molecule has 1 aliphatic carbocycles. The van der Waals surface area contributed by atoms with E-state index in [0.717, 1.165) is 25.9 Å². The van der Waals surface area contributed by atoms with Crippen molar-refractivity contribution in [2.24, 2.45) is 17.1 Å². The molecule has 1 aliphatic heterocycles. The van der Waals surface area contributed by atoms with Gasteiger partial charge in [-0.1, -0.05) is 24.3 Å². The van der Waals surface area contributed by atoms with Gasteiger partial charge in [-0.3, -0.25) is 4.79 Å². The molecule has 3 rings (SSSR count). The number of fused-ring (bicyclic) bond motifs is 1. The Balaban J connectivity index is 1.96. The number of benzene rings is 1. The van der Waals surface area contributed by atoms with Gasteiger partial charge in [-0.2, -0.15) is 0 Å². The quantitative estimate of drug-likeness (QED) is 0.717. The summed E-state index contributed by atoms with van der Waals surface area (Å²) in [4.78, 5) is 11.5. The summed E-state index contributed by atoms with van der Waals surface area (Å²) >= 11 is 0. The second-order valence-corrected chi connectivity index (χ2v) is 5.07. The third-order valence-corrected chi connectivity index (χ3v) is 4.11. The maximum absolute atomic E-state index is 11.5. The van der Waals surface area contributed by atoms with Crippen molar-refractivity contribution in [1.82, 2.24) is 5.32 Å². The maximum atomic E-state index is 11.5. The average Bonchev–Trinajstić information content (AvgIpc) is 2.81. The molecule has 84 valence electrons. The van der Waals surface area contributed by atoms with Gasteiger partial charge in [0.2, 0.25) is 5.91 Å². The van der Waals surface area contributed by atoms with Crippen LogP contribution in [-0.2, 0) is 17.6 Å². The van der Waals surface area contributed by atoms with E-state index in [1.807, 2.05) is 0 Å².